The monoisotopic (exact) mass is 426 g/mol. The van der Waals surface area contributed by atoms with Crippen LogP contribution >= 0.6 is 0 Å². The third-order valence-corrected chi connectivity index (χ3v) is 5.54. The van der Waals surface area contributed by atoms with E-state index in [4.69, 9.17) is 0 Å². The molecule has 5 nitrogen and oxygen atoms in total. The van der Waals surface area contributed by atoms with Crippen LogP contribution in [0, 0.1) is 6.92 Å². The first-order chi connectivity index (χ1) is 14.8. The number of rotatable bonds is 3. The molecule has 0 radical (unpaired) electrons. The molecular weight excluding hydrogens is 405 g/mol. The molecule has 2 aromatic heterocycles. The summed E-state index contributed by atoms with van der Waals surface area (Å²) in [5.41, 5.74) is 2.10. The van der Waals surface area contributed by atoms with Crippen molar-refractivity contribution in [2.45, 2.75) is 31.9 Å². The Morgan fingerprint density at radius 3 is 2.48 bits per heavy atom. The average Bonchev–Trinajstić information content (AvgIpc) is 2.79. The highest BCUT2D eigenvalue weighted by molar-refractivity contribution is 5.94. The number of carbonyl (C=O) groups excluding carboxylic acids is 1. The Kier molecular flexibility index (Phi) is 5.71. The van der Waals surface area contributed by atoms with Crippen molar-refractivity contribution in [3.63, 3.8) is 0 Å². The summed E-state index contributed by atoms with van der Waals surface area (Å²) >= 11 is 0. The smallest absolute Gasteiger partial charge is 0.339 e. The van der Waals surface area contributed by atoms with Gasteiger partial charge in [0.25, 0.3) is 5.91 Å². The van der Waals surface area contributed by atoms with Gasteiger partial charge < -0.3 is 4.90 Å². The maximum absolute atomic E-state index is 13.0. The number of hydrogen-bond donors (Lipinski definition) is 0. The number of carbonyl (C=O) groups is 1. The van der Waals surface area contributed by atoms with Gasteiger partial charge in [-0.05, 0) is 55.7 Å². The van der Waals surface area contributed by atoms with Crippen LogP contribution in [0.15, 0.2) is 55.0 Å². The molecule has 0 spiro atoms. The van der Waals surface area contributed by atoms with Crippen molar-refractivity contribution in [1.29, 1.82) is 0 Å². The summed E-state index contributed by atoms with van der Waals surface area (Å²) in [5.74, 6) is 0.434. The van der Waals surface area contributed by atoms with Gasteiger partial charge in [-0.15, -0.1) is 0 Å². The Balaban J connectivity index is 1.51. The van der Waals surface area contributed by atoms with Crippen molar-refractivity contribution in [3.8, 4) is 11.1 Å². The second-order valence-electron chi connectivity index (χ2n) is 7.60. The van der Waals surface area contributed by atoms with Crippen LogP contribution in [0.5, 0.6) is 0 Å². The number of amides is 1. The molecule has 31 heavy (non-hydrogen) atoms. The maximum atomic E-state index is 13.0. The van der Waals surface area contributed by atoms with Crippen molar-refractivity contribution in [3.05, 3.63) is 77.6 Å². The minimum atomic E-state index is -4.47. The molecule has 0 atom stereocenters. The quantitative estimate of drug-likeness (QED) is 0.599. The van der Waals surface area contributed by atoms with Crippen LogP contribution in [-0.4, -0.2) is 38.8 Å². The van der Waals surface area contributed by atoms with Crippen molar-refractivity contribution < 1.29 is 18.0 Å². The zero-order valence-corrected chi connectivity index (χ0v) is 16.9. The number of alkyl halides is 3. The number of pyridine rings is 1. The van der Waals surface area contributed by atoms with Gasteiger partial charge in [0.2, 0.25) is 0 Å². The van der Waals surface area contributed by atoms with E-state index in [1.807, 2.05) is 25.3 Å². The van der Waals surface area contributed by atoms with Crippen LogP contribution in [0.1, 0.15) is 46.2 Å². The molecule has 1 aliphatic heterocycles. The minimum absolute atomic E-state index is 0.0589. The molecule has 0 N–H and O–H groups in total. The molecular formula is C23H21F3N4O. The molecule has 0 saturated carbocycles. The standard InChI is InChI=1S/C23H21F3N4O/c1-15-28-14-20(16-5-9-27-10-6-16)21(29-15)17-7-11-30(12-8-17)22(31)18-3-2-4-19(13-18)23(24,25)26/h2-6,9-10,13-14,17H,7-8,11-12H2,1H3. The fourth-order valence-corrected chi connectivity index (χ4v) is 3.92. The lowest BCUT2D eigenvalue weighted by Gasteiger charge is -2.32. The van der Waals surface area contributed by atoms with Crippen LogP contribution in [0.2, 0.25) is 0 Å². The van der Waals surface area contributed by atoms with Gasteiger partial charge in [0.15, 0.2) is 0 Å². The Labute approximate surface area is 178 Å². The summed E-state index contributed by atoms with van der Waals surface area (Å²) in [6, 6.07) is 8.41. The number of aromatic nitrogens is 3. The normalized spacial score (nSPS) is 15.2. The van der Waals surface area contributed by atoms with E-state index in [1.54, 1.807) is 17.3 Å². The van der Waals surface area contributed by atoms with Gasteiger partial charge in [-0.25, -0.2) is 9.97 Å². The molecule has 1 amide bonds. The van der Waals surface area contributed by atoms with E-state index in [2.05, 4.69) is 15.0 Å². The summed E-state index contributed by atoms with van der Waals surface area (Å²) in [7, 11) is 0. The summed E-state index contributed by atoms with van der Waals surface area (Å²) in [4.78, 5) is 27.5. The van der Waals surface area contributed by atoms with E-state index in [0.29, 0.717) is 31.8 Å². The van der Waals surface area contributed by atoms with Crippen LogP contribution in [0.4, 0.5) is 13.2 Å². The maximum Gasteiger partial charge on any atom is 0.416 e. The highest BCUT2D eigenvalue weighted by Gasteiger charge is 2.32. The molecule has 0 unspecified atom stereocenters. The predicted octanol–water partition coefficient (Wildman–Crippen LogP) is 4.89. The number of nitrogens with zero attached hydrogens (tertiary/aromatic N) is 4. The summed E-state index contributed by atoms with van der Waals surface area (Å²) in [6.07, 6.45) is 2.13. The third-order valence-electron chi connectivity index (χ3n) is 5.54. The zero-order chi connectivity index (χ0) is 22.0. The number of piperidine rings is 1. The van der Waals surface area contributed by atoms with Gasteiger partial charge in [-0.3, -0.25) is 9.78 Å². The van der Waals surface area contributed by atoms with Gasteiger partial charge in [0.05, 0.1) is 11.3 Å². The fraction of sp³-hybridized carbons (Fsp3) is 0.304. The molecule has 0 aliphatic carbocycles. The van der Waals surface area contributed by atoms with Crippen LogP contribution in [-0.2, 0) is 6.18 Å². The Morgan fingerprint density at radius 2 is 1.81 bits per heavy atom. The van der Waals surface area contributed by atoms with Gasteiger partial charge in [0, 0.05) is 48.7 Å². The third kappa shape index (κ3) is 4.57. The zero-order valence-electron chi connectivity index (χ0n) is 16.9. The molecule has 1 aromatic carbocycles. The summed E-state index contributed by atoms with van der Waals surface area (Å²) in [5, 5.41) is 0. The van der Waals surface area contributed by atoms with Crippen molar-refractivity contribution in [2.24, 2.45) is 0 Å². The number of halogens is 3. The van der Waals surface area contributed by atoms with Crippen LogP contribution < -0.4 is 0 Å². The average molecular weight is 426 g/mol. The molecule has 3 aromatic rings. The topological polar surface area (TPSA) is 59.0 Å². The van der Waals surface area contributed by atoms with Crippen molar-refractivity contribution in [2.75, 3.05) is 13.1 Å². The fourth-order valence-electron chi connectivity index (χ4n) is 3.92. The minimum Gasteiger partial charge on any atom is -0.339 e. The largest absolute Gasteiger partial charge is 0.416 e. The van der Waals surface area contributed by atoms with Crippen molar-refractivity contribution >= 4 is 5.91 Å². The molecule has 0 bridgehead atoms. The van der Waals surface area contributed by atoms with Gasteiger partial charge in [-0.1, -0.05) is 6.07 Å². The van der Waals surface area contributed by atoms with E-state index in [1.165, 1.54) is 12.1 Å². The highest BCUT2D eigenvalue weighted by atomic mass is 19.4. The summed E-state index contributed by atoms with van der Waals surface area (Å²) < 4.78 is 38.9. The first-order valence-corrected chi connectivity index (χ1v) is 10.0. The Hall–Kier alpha value is -3.29. The second-order valence-corrected chi connectivity index (χ2v) is 7.60. The SMILES string of the molecule is Cc1ncc(-c2ccncc2)c(C2CCN(C(=O)c3cccc(C(F)(F)F)c3)CC2)n1. The Bertz CT molecular complexity index is 1080. The van der Waals surface area contributed by atoms with E-state index in [9.17, 15) is 18.0 Å². The van der Waals surface area contributed by atoms with Gasteiger partial charge in [-0.2, -0.15) is 13.2 Å². The number of aryl methyl sites for hydroxylation is 1. The lowest BCUT2D eigenvalue weighted by Crippen LogP contribution is -2.38. The van der Waals surface area contributed by atoms with Crippen LogP contribution in [0.3, 0.4) is 0 Å². The van der Waals surface area contributed by atoms with Crippen LogP contribution in [0.25, 0.3) is 11.1 Å². The molecule has 1 aliphatic rings. The first-order valence-electron chi connectivity index (χ1n) is 10.0. The van der Waals surface area contributed by atoms with E-state index < -0.39 is 11.7 Å². The van der Waals surface area contributed by atoms with Gasteiger partial charge in [0.1, 0.15) is 5.82 Å². The Morgan fingerprint density at radius 1 is 1.10 bits per heavy atom. The van der Waals surface area contributed by atoms with E-state index >= 15 is 0 Å². The van der Waals surface area contributed by atoms with E-state index in [0.717, 1.165) is 29.0 Å². The predicted molar refractivity (Wildman–Crippen MR) is 109 cm³/mol. The first kappa shape index (κ1) is 21.0. The number of likely N-dealkylation sites (tertiary alicyclic amines) is 1. The van der Waals surface area contributed by atoms with Crippen molar-refractivity contribution in [1.82, 2.24) is 19.9 Å². The lowest BCUT2D eigenvalue weighted by atomic mass is 9.88. The summed E-state index contributed by atoms with van der Waals surface area (Å²) in [6.45, 7) is 2.75. The molecule has 4 rings (SSSR count). The van der Waals surface area contributed by atoms with E-state index in [-0.39, 0.29) is 17.4 Å². The number of benzene rings is 1. The second kappa shape index (κ2) is 8.45. The molecule has 1 saturated heterocycles. The lowest BCUT2D eigenvalue weighted by molar-refractivity contribution is -0.137. The van der Waals surface area contributed by atoms with Gasteiger partial charge >= 0.3 is 6.18 Å². The molecule has 1 fully saturated rings. The molecule has 160 valence electrons. The highest BCUT2D eigenvalue weighted by Crippen LogP contribution is 2.34. The number of hydrogen-bond acceptors (Lipinski definition) is 4. The molecule has 3 heterocycles. The molecule has 8 heteroatoms.